The molecule has 0 saturated carbocycles. The first-order valence-corrected chi connectivity index (χ1v) is 3.42. The topological polar surface area (TPSA) is 38.2 Å². The first-order valence-electron chi connectivity index (χ1n) is 3.42. The minimum absolute atomic E-state index is 0. The molecule has 0 heterocycles. The molecule has 0 bridgehead atoms. The number of nitrogens with zero attached hydrogens (tertiary/aromatic N) is 1. The molecule has 2 nitrogen and oxygen atoms in total. The zero-order chi connectivity index (χ0) is 6.41. The number of hydrogen-bond acceptors (Lipinski definition) is 2. The fourth-order valence-electron chi connectivity index (χ4n) is 0.678. The van der Waals surface area contributed by atoms with Gasteiger partial charge in [0.1, 0.15) is 0 Å². The Kier molecular flexibility index (Phi) is 19.9. The van der Waals surface area contributed by atoms with E-state index in [2.05, 4.69) is 25.9 Å². The molecule has 0 atom stereocenters. The maximum atomic E-state index is 2.23. The largest absolute Gasteiger partial charge is 0.344 e. The Labute approximate surface area is 71.0 Å². The molecule has 66 valence electrons. The standard InChI is InChI=1S/C7H17N.ClH.H3N/c1-4-5-6-7-8(2)3;;/h4-7H2,1-3H3;1H;1H3. The summed E-state index contributed by atoms with van der Waals surface area (Å²) in [5, 5.41) is 0. The van der Waals surface area contributed by atoms with Crippen LogP contribution in [0.5, 0.6) is 0 Å². The highest BCUT2D eigenvalue weighted by Crippen LogP contribution is 1.93. The summed E-state index contributed by atoms with van der Waals surface area (Å²) in [7, 11) is 4.24. The van der Waals surface area contributed by atoms with E-state index in [4.69, 9.17) is 0 Å². The van der Waals surface area contributed by atoms with Gasteiger partial charge in [-0.2, -0.15) is 0 Å². The molecule has 0 aromatic carbocycles. The Morgan fingerprint density at radius 3 is 1.90 bits per heavy atom. The zero-order valence-electron chi connectivity index (χ0n) is 7.39. The van der Waals surface area contributed by atoms with Crippen LogP contribution in [0.15, 0.2) is 0 Å². The highest BCUT2D eigenvalue weighted by molar-refractivity contribution is 5.85. The van der Waals surface area contributed by atoms with Gasteiger partial charge in [0.2, 0.25) is 0 Å². The van der Waals surface area contributed by atoms with E-state index in [9.17, 15) is 0 Å². The molecule has 0 rings (SSSR count). The van der Waals surface area contributed by atoms with Crippen molar-refractivity contribution in [2.45, 2.75) is 26.2 Å². The van der Waals surface area contributed by atoms with Crippen LogP contribution in [0.25, 0.3) is 0 Å². The summed E-state index contributed by atoms with van der Waals surface area (Å²) < 4.78 is 0. The van der Waals surface area contributed by atoms with Crippen LogP contribution in [0, 0.1) is 0 Å². The summed E-state index contributed by atoms with van der Waals surface area (Å²) in [5.41, 5.74) is 0. The smallest absolute Gasteiger partial charge is 0.00248 e. The lowest BCUT2D eigenvalue weighted by molar-refractivity contribution is 0.393. The van der Waals surface area contributed by atoms with E-state index in [1.807, 2.05) is 0 Å². The molecular weight excluding hydrogens is 148 g/mol. The zero-order valence-corrected chi connectivity index (χ0v) is 8.21. The SMILES string of the molecule is CCCCCN(C)C.Cl.N. The van der Waals surface area contributed by atoms with Gasteiger partial charge in [0, 0.05) is 0 Å². The fraction of sp³-hybridized carbons (Fsp3) is 1.00. The van der Waals surface area contributed by atoms with Crippen molar-refractivity contribution in [3.05, 3.63) is 0 Å². The van der Waals surface area contributed by atoms with Gasteiger partial charge in [-0.1, -0.05) is 19.8 Å². The Morgan fingerprint density at radius 2 is 1.60 bits per heavy atom. The van der Waals surface area contributed by atoms with Crippen LogP contribution in [0.2, 0.25) is 0 Å². The van der Waals surface area contributed by atoms with Crippen molar-refractivity contribution in [2.75, 3.05) is 20.6 Å². The summed E-state index contributed by atoms with van der Waals surface area (Å²) >= 11 is 0. The van der Waals surface area contributed by atoms with E-state index in [1.54, 1.807) is 0 Å². The first kappa shape index (κ1) is 16.7. The van der Waals surface area contributed by atoms with Crippen LogP contribution in [-0.2, 0) is 0 Å². The Morgan fingerprint density at radius 1 is 1.10 bits per heavy atom. The fourth-order valence-corrected chi connectivity index (χ4v) is 0.678. The predicted molar refractivity (Wildman–Crippen MR) is 50.3 cm³/mol. The molecule has 3 N–H and O–H groups in total. The van der Waals surface area contributed by atoms with Gasteiger partial charge in [0.15, 0.2) is 0 Å². The molecule has 0 unspecified atom stereocenters. The maximum Gasteiger partial charge on any atom is -0.00248 e. The minimum Gasteiger partial charge on any atom is -0.344 e. The van der Waals surface area contributed by atoms with Crippen LogP contribution >= 0.6 is 12.4 Å². The molecule has 0 amide bonds. The van der Waals surface area contributed by atoms with Crippen LogP contribution in [0.4, 0.5) is 0 Å². The summed E-state index contributed by atoms with van der Waals surface area (Å²) in [6, 6.07) is 0. The van der Waals surface area contributed by atoms with Gasteiger partial charge in [0.25, 0.3) is 0 Å². The molecule has 0 aliphatic carbocycles. The molecular formula is C7H21ClN2. The van der Waals surface area contributed by atoms with Crippen molar-refractivity contribution < 1.29 is 0 Å². The summed E-state index contributed by atoms with van der Waals surface area (Å²) in [4.78, 5) is 2.23. The summed E-state index contributed by atoms with van der Waals surface area (Å²) in [6.45, 7) is 3.48. The molecule has 0 aliphatic rings. The normalized spacial score (nSPS) is 8.40. The average molecular weight is 169 g/mol. The van der Waals surface area contributed by atoms with Crippen LogP contribution in [0.3, 0.4) is 0 Å². The van der Waals surface area contributed by atoms with Gasteiger partial charge < -0.3 is 11.1 Å². The number of halogens is 1. The third-order valence-electron chi connectivity index (χ3n) is 1.21. The monoisotopic (exact) mass is 168 g/mol. The molecule has 0 aliphatic heterocycles. The first-order chi connectivity index (χ1) is 3.77. The van der Waals surface area contributed by atoms with Crippen molar-refractivity contribution in [1.29, 1.82) is 0 Å². The van der Waals surface area contributed by atoms with Gasteiger partial charge in [-0.05, 0) is 27.1 Å². The Hall–Kier alpha value is 0.210. The van der Waals surface area contributed by atoms with Crippen molar-refractivity contribution in [1.82, 2.24) is 11.1 Å². The third-order valence-corrected chi connectivity index (χ3v) is 1.21. The summed E-state index contributed by atoms with van der Waals surface area (Å²) in [5.74, 6) is 0. The van der Waals surface area contributed by atoms with E-state index >= 15 is 0 Å². The second-order valence-corrected chi connectivity index (χ2v) is 2.51. The minimum atomic E-state index is 0. The van der Waals surface area contributed by atoms with E-state index in [1.165, 1.54) is 25.8 Å². The van der Waals surface area contributed by atoms with E-state index in [0.717, 1.165) is 0 Å². The lowest BCUT2D eigenvalue weighted by Gasteiger charge is -2.06. The molecule has 0 aromatic rings. The van der Waals surface area contributed by atoms with Crippen LogP contribution in [0.1, 0.15) is 26.2 Å². The molecule has 0 aromatic heterocycles. The van der Waals surface area contributed by atoms with Crippen molar-refractivity contribution >= 4 is 12.4 Å². The molecule has 0 spiro atoms. The number of hydrogen-bond donors (Lipinski definition) is 1. The maximum absolute atomic E-state index is 2.23. The van der Waals surface area contributed by atoms with Gasteiger partial charge in [-0.25, -0.2) is 0 Å². The highest BCUT2D eigenvalue weighted by atomic mass is 35.5. The second-order valence-electron chi connectivity index (χ2n) is 2.51. The highest BCUT2D eigenvalue weighted by Gasteiger charge is 1.86. The third kappa shape index (κ3) is 15.7. The lowest BCUT2D eigenvalue weighted by Crippen LogP contribution is -2.12. The van der Waals surface area contributed by atoms with Crippen molar-refractivity contribution in [3.63, 3.8) is 0 Å². The second kappa shape index (κ2) is 11.9. The van der Waals surface area contributed by atoms with Crippen molar-refractivity contribution in [2.24, 2.45) is 0 Å². The van der Waals surface area contributed by atoms with Gasteiger partial charge in [0.05, 0.1) is 0 Å². The predicted octanol–water partition coefficient (Wildman–Crippen LogP) is 2.32. The van der Waals surface area contributed by atoms with E-state index in [0.29, 0.717) is 0 Å². The summed E-state index contributed by atoms with van der Waals surface area (Å²) in [6.07, 6.45) is 4.05. The number of unbranched alkanes of at least 4 members (excludes halogenated alkanes) is 2. The van der Waals surface area contributed by atoms with Gasteiger partial charge in [-0.3, -0.25) is 0 Å². The lowest BCUT2D eigenvalue weighted by atomic mass is 10.2. The Bertz CT molecular complexity index is 48.9. The average Bonchev–Trinajstić information content (AvgIpc) is 1.66. The van der Waals surface area contributed by atoms with E-state index < -0.39 is 0 Å². The number of rotatable bonds is 4. The van der Waals surface area contributed by atoms with E-state index in [-0.39, 0.29) is 18.6 Å². The molecule has 0 radical (unpaired) electrons. The Balaban J connectivity index is -0.000000245. The van der Waals surface area contributed by atoms with Gasteiger partial charge >= 0.3 is 0 Å². The molecule has 10 heavy (non-hydrogen) atoms. The van der Waals surface area contributed by atoms with Crippen molar-refractivity contribution in [3.8, 4) is 0 Å². The molecule has 3 heteroatoms. The molecule has 0 fully saturated rings. The molecule has 0 saturated heterocycles. The quantitative estimate of drug-likeness (QED) is 0.655. The van der Waals surface area contributed by atoms with Gasteiger partial charge in [-0.15, -0.1) is 12.4 Å². The van der Waals surface area contributed by atoms with Crippen LogP contribution < -0.4 is 6.15 Å². The van der Waals surface area contributed by atoms with Crippen LogP contribution in [-0.4, -0.2) is 25.5 Å².